The molecule has 0 aliphatic heterocycles. The highest BCUT2D eigenvalue weighted by atomic mass is 32.2. The third-order valence-corrected chi connectivity index (χ3v) is 4.29. The third kappa shape index (κ3) is 3.17. The predicted molar refractivity (Wildman–Crippen MR) is 73.1 cm³/mol. The highest BCUT2D eigenvalue weighted by molar-refractivity contribution is 7.92. The minimum atomic E-state index is -4.04. The Kier molecular flexibility index (Phi) is 3.91. The van der Waals surface area contributed by atoms with Crippen molar-refractivity contribution in [3.05, 3.63) is 59.2 Å². The van der Waals surface area contributed by atoms with E-state index >= 15 is 0 Å². The maximum absolute atomic E-state index is 13.7. The number of nitrogens with zero attached hydrogens (tertiary/aromatic N) is 1. The molecule has 0 aliphatic rings. The summed E-state index contributed by atoms with van der Waals surface area (Å²) in [5, 5.41) is 8.64. The summed E-state index contributed by atoms with van der Waals surface area (Å²) < 4.78 is 53.1. The van der Waals surface area contributed by atoms with Gasteiger partial charge >= 0.3 is 0 Å². The smallest absolute Gasteiger partial charge is 0.262 e. The topological polar surface area (TPSA) is 70.0 Å². The van der Waals surface area contributed by atoms with Gasteiger partial charge in [0, 0.05) is 0 Å². The molecule has 0 heterocycles. The van der Waals surface area contributed by atoms with E-state index in [0.717, 1.165) is 30.3 Å². The SMILES string of the molecule is Cc1cc(F)ccc1S(=O)(=O)Nc1ccc(C#N)cc1F. The van der Waals surface area contributed by atoms with Crippen LogP contribution < -0.4 is 4.72 Å². The molecule has 0 fully saturated rings. The number of halogens is 2. The van der Waals surface area contributed by atoms with E-state index in [4.69, 9.17) is 5.26 Å². The Balaban J connectivity index is 2.40. The fraction of sp³-hybridized carbons (Fsp3) is 0.0714. The van der Waals surface area contributed by atoms with Gasteiger partial charge in [-0.2, -0.15) is 5.26 Å². The van der Waals surface area contributed by atoms with Crippen LogP contribution in [0.4, 0.5) is 14.5 Å². The number of nitriles is 1. The highest BCUT2D eigenvalue weighted by Crippen LogP contribution is 2.22. The van der Waals surface area contributed by atoms with Crippen molar-refractivity contribution >= 4 is 15.7 Å². The molecular weight excluding hydrogens is 298 g/mol. The van der Waals surface area contributed by atoms with Crippen LogP contribution >= 0.6 is 0 Å². The van der Waals surface area contributed by atoms with Crippen LogP contribution in [0, 0.1) is 29.9 Å². The molecule has 0 aromatic heterocycles. The molecule has 0 saturated carbocycles. The molecule has 0 amide bonds. The van der Waals surface area contributed by atoms with Gasteiger partial charge in [-0.15, -0.1) is 0 Å². The van der Waals surface area contributed by atoms with Crippen LogP contribution in [0.3, 0.4) is 0 Å². The molecule has 21 heavy (non-hydrogen) atoms. The molecule has 0 atom stereocenters. The normalized spacial score (nSPS) is 11.0. The molecule has 1 N–H and O–H groups in total. The number of anilines is 1. The second-order valence-corrected chi connectivity index (χ2v) is 5.97. The second-order valence-electron chi connectivity index (χ2n) is 4.32. The van der Waals surface area contributed by atoms with Crippen molar-refractivity contribution in [2.75, 3.05) is 4.72 Å². The first kappa shape index (κ1) is 14.9. The van der Waals surface area contributed by atoms with Gasteiger partial charge in [0.25, 0.3) is 10.0 Å². The van der Waals surface area contributed by atoms with Crippen molar-refractivity contribution in [2.24, 2.45) is 0 Å². The van der Waals surface area contributed by atoms with E-state index in [-0.39, 0.29) is 21.7 Å². The van der Waals surface area contributed by atoms with Gasteiger partial charge in [0.2, 0.25) is 0 Å². The number of nitrogens with one attached hydrogen (secondary N) is 1. The molecule has 0 radical (unpaired) electrons. The number of hydrogen-bond donors (Lipinski definition) is 1. The lowest BCUT2D eigenvalue weighted by atomic mass is 10.2. The van der Waals surface area contributed by atoms with E-state index in [1.54, 1.807) is 6.07 Å². The van der Waals surface area contributed by atoms with Gasteiger partial charge in [-0.05, 0) is 48.9 Å². The van der Waals surface area contributed by atoms with Gasteiger partial charge < -0.3 is 0 Å². The standard InChI is InChI=1S/C14H10F2N2O2S/c1-9-6-11(15)3-5-14(9)21(19,20)18-13-4-2-10(8-17)7-12(13)16/h2-7,18H,1H3. The molecule has 0 bridgehead atoms. The molecule has 0 unspecified atom stereocenters. The summed E-state index contributed by atoms with van der Waals surface area (Å²) in [7, 11) is -4.04. The Hall–Kier alpha value is -2.46. The lowest BCUT2D eigenvalue weighted by Crippen LogP contribution is -2.15. The quantitative estimate of drug-likeness (QED) is 0.947. The number of aryl methyl sites for hydroxylation is 1. The van der Waals surface area contributed by atoms with Crippen LogP contribution in [0.2, 0.25) is 0 Å². The molecule has 2 aromatic carbocycles. The van der Waals surface area contributed by atoms with Gasteiger partial charge in [0.1, 0.15) is 11.6 Å². The fourth-order valence-corrected chi connectivity index (χ4v) is 3.08. The lowest BCUT2D eigenvalue weighted by molar-refractivity contribution is 0.596. The molecule has 0 saturated heterocycles. The van der Waals surface area contributed by atoms with Crippen molar-refractivity contribution in [3.8, 4) is 6.07 Å². The maximum Gasteiger partial charge on any atom is 0.262 e. The van der Waals surface area contributed by atoms with E-state index in [2.05, 4.69) is 4.72 Å². The van der Waals surface area contributed by atoms with Gasteiger partial charge in [-0.3, -0.25) is 4.72 Å². The number of hydrogen-bond acceptors (Lipinski definition) is 3. The van der Waals surface area contributed by atoms with E-state index in [1.807, 2.05) is 0 Å². The third-order valence-electron chi connectivity index (χ3n) is 2.77. The summed E-state index contributed by atoms with van der Waals surface area (Å²) in [6.07, 6.45) is 0. The second kappa shape index (κ2) is 5.50. The zero-order valence-electron chi connectivity index (χ0n) is 10.9. The number of sulfonamides is 1. The largest absolute Gasteiger partial charge is 0.277 e. The molecule has 2 rings (SSSR count). The number of rotatable bonds is 3. The van der Waals surface area contributed by atoms with Gasteiger partial charge in [-0.25, -0.2) is 17.2 Å². The first-order valence-corrected chi connectivity index (χ1v) is 7.30. The van der Waals surface area contributed by atoms with E-state index in [9.17, 15) is 17.2 Å². The van der Waals surface area contributed by atoms with Crippen molar-refractivity contribution < 1.29 is 17.2 Å². The van der Waals surface area contributed by atoms with Crippen LogP contribution in [-0.4, -0.2) is 8.42 Å². The summed E-state index contributed by atoms with van der Waals surface area (Å²) in [5.41, 5.74) is 0.00249. The lowest BCUT2D eigenvalue weighted by Gasteiger charge is -2.11. The number of benzene rings is 2. The summed E-state index contributed by atoms with van der Waals surface area (Å²) >= 11 is 0. The summed E-state index contributed by atoms with van der Waals surface area (Å²) in [4.78, 5) is -0.146. The zero-order chi connectivity index (χ0) is 15.6. The van der Waals surface area contributed by atoms with Crippen LogP contribution in [-0.2, 0) is 10.0 Å². The molecule has 108 valence electrons. The van der Waals surface area contributed by atoms with E-state index < -0.39 is 21.7 Å². The first-order valence-electron chi connectivity index (χ1n) is 5.82. The Morgan fingerprint density at radius 1 is 1.14 bits per heavy atom. The van der Waals surface area contributed by atoms with Crippen LogP contribution in [0.25, 0.3) is 0 Å². The fourth-order valence-electron chi connectivity index (χ4n) is 1.78. The molecular formula is C14H10F2N2O2S. The molecule has 4 nitrogen and oxygen atoms in total. The molecule has 7 heteroatoms. The first-order chi connectivity index (χ1) is 9.83. The Morgan fingerprint density at radius 2 is 1.86 bits per heavy atom. The average Bonchev–Trinajstić information content (AvgIpc) is 2.40. The van der Waals surface area contributed by atoms with Crippen molar-refractivity contribution in [1.82, 2.24) is 0 Å². The molecule has 0 spiro atoms. The average molecular weight is 308 g/mol. The van der Waals surface area contributed by atoms with Crippen molar-refractivity contribution in [2.45, 2.75) is 11.8 Å². The predicted octanol–water partition coefficient (Wildman–Crippen LogP) is 2.95. The minimum absolute atomic E-state index is 0.0772. The summed E-state index contributed by atoms with van der Waals surface area (Å²) in [5.74, 6) is -1.42. The van der Waals surface area contributed by atoms with Gasteiger partial charge in [-0.1, -0.05) is 0 Å². The minimum Gasteiger partial charge on any atom is -0.277 e. The maximum atomic E-state index is 13.7. The van der Waals surface area contributed by atoms with Crippen LogP contribution in [0.1, 0.15) is 11.1 Å². The Labute approximate surface area is 120 Å². The van der Waals surface area contributed by atoms with Crippen LogP contribution in [0.15, 0.2) is 41.3 Å². The Morgan fingerprint density at radius 3 is 2.43 bits per heavy atom. The van der Waals surface area contributed by atoms with E-state index in [0.29, 0.717) is 0 Å². The van der Waals surface area contributed by atoms with Gasteiger partial charge in [0.05, 0.1) is 22.2 Å². The Bertz CT molecular complexity index is 843. The molecule has 2 aromatic rings. The monoisotopic (exact) mass is 308 g/mol. The van der Waals surface area contributed by atoms with Crippen LogP contribution in [0.5, 0.6) is 0 Å². The van der Waals surface area contributed by atoms with Crippen molar-refractivity contribution in [1.29, 1.82) is 5.26 Å². The van der Waals surface area contributed by atoms with Gasteiger partial charge in [0.15, 0.2) is 0 Å². The summed E-state index contributed by atoms with van der Waals surface area (Å²) in [6, 6.07) is 8.31. The molecule has 0 aliphatic carbocycles. The van der Waals surface area contributed by atoms with E-state index in [1.165, 1.54) is 13.0 Å². The van der Waals surface area contributed by atoms with Crippen molar-refractivity contribution in [3.63, 3.8) is 0 Å². The zero-order valence-corrected chi connectivity index (χ0v) is 11.7. The summed E-state index contributed by atoms with van der Waals surface area (Å²) in [6.45, 7) is 1.44. The highest BCUT2D eigenvalue weighted by Gasteiger charge is 2.19.